The molecule has 4 amide bonds. The van der Waals surface area contributed by atoms with Gasteiger partial charge in [-0.15, -0.1) is 10.2 Å². The maximum Gasteiger partial charge on any atom is 0.324 e. The van der Waals surface area contributed by atoms with E-state index in [9.17, 15) is 31.9 Å². The first-order chi connectivity index (χ1) is 28.1. The number of benzene rings is 2. The molecule has 2 fully saturated rings. The second-order valence-electron chi connectivity index (χ2n) is 13.7. The van der Waals surface area contributed by atoms with Gasteiger partial charge in [0.1, 0.15) is 11.6 Å². The minimum absolute atomic E-state index is 0.0443. The van der Waals surface area contributed by atoms with E-state index in [-0.39, 0.29) is 54.7 Å². The molecule has 13 nitrogen and oxygen atoms in total. The molecule has 0 spiro atoms. The molecule has 17 heteroatoms. The van der Waals surface area contributed by atoms with Crippen molar-refractivity contribution in [1.29, 1.82) is 0 Å². The van der Waals surface area contributed by atoms with Crippen LogP contribution < -0.4 is 15.5 Å². The smallest absolute Gasteiger partial charge is 0.324 e. The largest absolute Gasteiger partial charge is 0.415 e. The lowest BCUT2D eigenvalue weighted by atomic mass is 10.1. The summed E-state index contributed by atoms with van der Waals surface area (Å²) in [5.41, 5.74) is 7.59. The van der Waals surface area contributed by atoms with Crippen LogP contribution in [0.1, 0.15) is 72.6 Å². The van der Waals surface area contributed by atoms with Gasteiger partial charge in [0.2, 0.25) is 5.89 Å². The number of urea groups is 2. The Balaban J connectivity index is 0.000000198. The van der Waals surface area contributed by atoms with E-state index in [1.54, 1.807) is 70.5 Å². The van der Waals surface area contributed by atoms with Crippen molar-refractivity contribution in [2.45, 2.75) is 58.0 Å². The van der Waals surface area contributed by atoms with Crippen LogP contribution in [0.15, 0.2) is 89.6 Å². The van der Waals surface area contributed by atoms with E-state index in [0.29, 0.717) is 48.7 Å². The van der Waals surface area contributed by atoms with E-state index in [1.807, 2.05) is 0 Å². The predicted octanol–water partition coefficient (Wildman–Crippen LogP) is 7.80. The first-order valence-corrected chi connectivity index (χ1v) is 19.0. The van der Waals surface area contributed by atoms with Gasteiger partial charge in [0.25, 0.3) is 5.89 Å². The molecule has 7 rings (SSSR count). The van der Waals surface area contributed by atoms with Crippen LogP contribution in [-0.2, 0) is 13.1 Å². The van der Waals surface area contributed by atoms with Crippen LogP contribution in [0, 0.1) is 11.6 Å². The summed E-state index contributed by atoms with van der Waals surface area (Å²) in [5, 5.41) is 6.88. The fourth-order valence-corrected chi connectivity index (χ4v) is 6.57. The number of carbonyl (C=O) groups excluding carboxylic acids is 3. The van der Waals surface area contributed by atoms with Crippen molar-refractivity contribution < 1.29 is 36.4 Å². The maximum absolute atomic E-state index is 14.5. The van der Waals surface area contributed by atoms with Crippen LogP contribution in [0.25, 0.3) is 11.5 Å². The number of para-hydroxylation sites is 2. The van der Waals surface area contributed by atoms with Gasteiger partial charge >= 0.3 is 18.5 Å². The summed E-state index contributed by atoms with van der Waals surface area (Å²) < 4.78 is 59.1. The van der Waals surface area contributed by atoms with Crippen LogP contribution >= 0.6 is 0 Å². The van der Waals surface area contributed by atoms with Crippen molar-refractivity contribution in [1.82, 2.24) is 30.0 Å². The van der Waals surface area contributed by atoms with Crippen molar-refractivity contribution >= 4 is 29.2 Å². The number of ketones is 1. The van der Waals surface area contributed by atoms with Gasteiger partial charge in [-0.3, -0.25) is 24.6 Å². The number of rotatable bonds is 10. The van der Waals surface area contributed by atoms with E-state index >= 15 is 0 Å². The summed E-state index contributed by atoms with van der Waals surface area (Å²) in [6, 6.07) is 18.3. The second-order valence-corrected chi connectivity index (χ2v) is 13.7. The average molecular weight is 802 g/mol. The third-order valence-corrected chi connectivity index (χ3v) is 9.67. The van der Waals surface area contributed by atoms with Crippen molar-refractivity contribution in [2.75, 3.05) is 42.5 Å². The SMILES string of the molecule is NCC(=O)c1ccc(CN(C(=O)N2CCCCC2)c2ccccc2F)nc1.O=C(N1CCCCC1)N(Cc1ccc(-c2nnc(C(F)F)o2)cn1)c1ccccc1F. The fraction of sp³-hybridized carbons (Fsp3) is 0.341. The lowest BCUT2D eigenvalue weighted by molar-refractivity contribution is 0.100. The number of alkyl halides is 2. The molecule has 2 N–H and O–H groups in total. The number of amides is 4. The Labute approximate surface area is 332 Å². The summed E-state index contributed by atoms with van der Waals surface area (Å²) in [6.45, 7) is 2.66. The molecule has 0 aliphatic carbocycles. The summed E-state index contributed by atoms with van der Waals surface area (Å²) in [5.74, 6) is -2.02. The number of hydrogen-bond acceptors (Lipinski definition) is 9. The molecule has 2 saturated heterocycles. The molecule has 2 aliphatic heterocycles. The molecule has 0 unspecified atom stereocenters. The molecule has 304 valence electrons. The Hall–Kier alpha value is -6.23. The lowest BCUT2D eigenvalue weighted by Crippen LogP contribution is -2.45. The Morgan fingerprint density at radius 2 is 1.17 bits per heavy atom. The molecular formula is C41H43F4N9O4. The van der Waals surface area contributed by atoms with E-state index in [4.69, 9.17) is 10.2 Å². The number of carbonyl (C=O) groups is 3. The molecule has 0 atom stereocenters. The van der Waals surface area contributed by atoms with Gasteiger partial charge in [-0.25, -0.2) is 18.4 Å². The molecule has 0 bridgehead atoms. The van der Waals surface area contributed by atoms with Crippen molar-refractivity contribution in [3.8, 4) is 11.5 Å². The number of Topliss-reactive ketones (excluding diaryl/α,β-unsaturated/α-hetero) is 1. The number of pyridine rings is 2. The number of nitrogens with zero attached hydrogens (tertiary/aromatic N) is 8. The highest BCUT2D eigenvalue weighted by molar-refractivity contribution is 5.97. The lowest BCUT2D eigenvalue weighted by Gasteiger charge is -2.33. The molecule has 2 aromatic carbocycles. The zero-order valence-corrected chi connectivity index (χ0v) is 31.7. The Bertz CT molecular complexity index is 2140. The van der Waals surface area contributed by atoms with E-state index in [1.165, 1.54) is 34.3 Å². The first kappa shape index (κ1) is 41.4. The summed E-state index contributed by atoms with van der Waals surface area (Å²) in [4.78, 5) is 52.7. The molecule has 0 saturated carbocycles. The van der Waals surface area contributed by atoms with Crippen molar-refractivity contribution in [3.05, 3.63) is 120 Å². The van der Waals surface area contributed by atoms with Gasteiger partial charge in [-0.05, 0) is 87.1 Å². The van der Waals surface area contributed by atoms with E-state index in [2.05, 4.69) is 20.2 Å². The van der Waals surface area contributed by atoms with Crippen LogP contribution in [0.3, 0.4) is 0 Å². The highest BCUT2D eigenvalue weighted by Crippen LogP contribution is 2.27. The predicted molar refractivity (Wildman–Crippen MR) is 207 cm³/mol. The molecule has 3 aromatic heterocycles. The van der Waals surface area contributed by atoms with Gasteiger partial charge in [-0.1, -0.05) is 24.3 Å². The molecule has 5 heterocycles. The van der Waals surface area contributed by atoms with Crippen LogP contribution in [0.2, 0.25) is 0 Å². The highest BCUT2D eigenvalue weighted by atomic mass is 19.3. The maximum atomic E-state index is 14.5. The molecule has 5 aromatic rings. The minimum atomic E-state index is -2.86. The van der Waals surface area contributed by atoms with Crippen LogP contribution in [0.4, 0.5) is 38.5 Å². The first-order valence-electron chi connectivity index (χ1n) is 19.0. The van der Waals surface area contributed by atoms with Gasteiger partial charge in [-0.2, -0.15) is 8.78 Å². The number of halogens is 4. The Morgan fingerprint density at radius 3 is 1.59 bits per heavy atom. The third-order valence-electron chi connectivity index (χ3n) is 9.67. The number of likely N-dealkylation sites (tertiary alicyclic amines) is 2. The zero-order valence-electron chi connectivity index (χ0n) is 31.7. The number of hydrogen-bond donors (Lipinski definition) is 1. The highest BCUT2D eigenvalue weighted by Gasteiger charge is 2.28. The summed E-state index contributed by atoms with van der Waals surface area (Å²) in [6.07, 6.45) is 5.86. The monoisotopic (exact) mass is 801 g/mol. The van der Waals surface area contributed by atoms with E-state index in [0.717, 1.165) is 38.5 Å². The van der Waals surface area contributed by atoms with Gasteiger partial charge in [0.05, 0.1) is 48.0 Å². The summed E-state index contributed by atoms with van der Waals surface area (Å²) in [7, 11) is 0. The molecule has 58 heavy (non-hydrogen) atoms. The van der Waals surface area contributed by atoms with E-state index < -0.39 is 24.0 Å². The summed E-state index contributed by atoms with van der Waals surface area (Å²) >= 11 is 0. The fourth-order valence-electron chi connectivity index (χ4n) is 6.57. The van der Waals surface area contributed by atoms with Crippen molar-refractivity contribution in [3.63, 3.8) is 0 Å². The molecule has 0 radical (unpaired) electrons. The normalized spacial score (nSPS) is 14.1. The topological polar surface area (TPSA) is 155 Å². The third kappa shape index (κ3) is 10.4. The number of anilines is 2. The Kier molecular flexibility index (Phi) is 14.1. The van der Waals surface area contributed by atoms with Gasteiger partial charge in [0, 0.05) is 44.1 Å². The number of aromatic nitrogens is 4. The zero-order chi connectivity index (χ0) is 41.0. The number of nitrogens with two attached hydrogens (primary N) is 1. The van der Waals surface area contributed by atoms with Gasteiger partial charge in [0.15, 0.2) is 5.78 Å². The number of piperidine rings is 2. The standard InChI is InChI=1S/C21H20F3N5O2.C20H23FN4O2/c22-16-6-2-3-7-17(16)29(21(30)28-10-4-1-5-11-28)13-15-9-8-14(12-25-15)19-26-27-20(31-19)18(23)24;21-17-6-2-3-7-18(17)25(20(27)24-10-4-1-5-11-24)14-16-9-8-15(13-23-16)19(26)12-22/h2-3,6-9,12,18H,1,4-5,10-11,13H2;2-3,6-9,13H,1,4-5,10-12,14,22H2. The van der Waals surface area contributed by atoms with Gasteiger partial charge < -0.3 is 20.0 Å². The van der Waals surface area contributed by atoms with Crippen molar-refractivity contribution in [2.24, 2.45) is 5.73 Å². The molecular weight excluding hydrogens is 759 g/mol. The van der Waals surface area contributed by atoms with Crippen LogP contribution in [-0.4, -0.2) is 80.5 Å². The molecule has 2 aliphatic rings. The quantitative estimate of drug-likeness (QED) is 0.110. The second kappa shape index (κ2) is 19.8. The average Bonchev–Trinajstić information content (AvgIpc) is 3.77. The van der Waals surface area contributed by atoms with Crippen LogP contribution in [0.5, 0.6) is 0 Å². The Morgan fingerprint density at radius 1 is 0.672 bits per heavy atom. The minimum Gasteiger partial charge on any atom is -0.415 e.